The van der Waals surface area contributed by atoms with Gasteiger partial charge in [0.2, 0.25) is 0 Å². The fourth-order valence-electron chi connectivity index (χ4n) is 3.99. The monoisotopic (exact) mass is 450 g/mol. The molecule has 1 fully saturated rings. The normalized spacial score (nSPS) is 25.3. The van der Waals surface area contributed by atoms with Crippen LogP contribution in [0.5, 0.6) is 0 Å². The van der Waals surface area contributed by atoms with Gasteiger partial charge < -0.3 is 25.4 Å². The van der Waals surface area contributed by atoms with Crippen LogP contribution in [-0.2, 0) is 23.9 Å². The second-order valence-corrected chi connectivity index (χ2v) is 7.55. The topological polar surface area (TPSA) is 167 Å². The highest BCUT2D eigenvalue weighted by Gasteiger charge is 2.48. The summed E-state index contributed by atoms with van der Waals surface area (Å²) in [6, 6.07) is 4.82. The molecule has 172 valence electrons. The average Bonchev–Trinajstić information content (AvgIpc) is 3.18. The summed E-state index contributed by atoms with van der Waals surface area (Å²) in [5.74, 6) is -5.07. The highest BCUT2D eigenvalue weighted by molar-refractivity contribution is 5.68. The molecule has 32 heavy (non-hydrogen) atoms. The first kappa shape index (κ1) is 23.3. The van der Waals surface area contributed by atoms with Crippen LogP contribution in [0.4, 0.5) is 4.39 Å². The zero-order chi connectivity index (χ0) is 23.4. The minimum atomic E-state index is -1.16. The number of benzene rings is 1. The Morgan fingerprint density at radius 3 is 2.53 bits per heavy atom. The summed E-state index contributed by atoms with van der Waals surface area (Å²) in [6.07, 6.45) is -1.37. The number of carboxylic acid groups (broad SMARTS) is 2. The molecule has 1 aliphatic rings. The van der Waals surface area contributed by atoms with E-state index in [1.54, 1.807) is 6.07 Å². The van der Waals surface area contributed by atoms with Crippen LogP contribution in [0.15, 0.2) is 30.5 Å². The number of carbonyl (C=O) groups is 3. The van der Waals surface area contributed by atoms with Crippen molar-refractivity contribution in [3.8, 4) is 11.3 Å². The third-order valence-corrected chi connectivity index (χ3v) is 5.32. The molecule has 11 nitrogen and oxygen atoms in total. The summed E-state index contributed by atoms with van der Waals surface area (Å²) in [5, 5.41) is 27.0. The zero-order valence-electron chi connectivity index (χ0n) is 17.1. The van der Waals surface area contributed by atoms with Gasteiger partial charge in [0, 0.05) is 24.3 Å². The fourth-order valence-corrected chi connectivity index (χ4v) is 3.99. The summed E-state index contributed by atoms with van der Waals surface area (Å²) < 4.78 is 25.7. The van der Waals surface area contributed by atoms with Crippen molar-refractivity contribution in [2.24, 2.45) is 17.6 Å². The third kappa shape index (κ3) is 5.45. The van der Waals surface area contributed by atoms with Crippen LogP contribution in [0.1, 0.15) is 25.8 Å². The predicted molar refractivity (Wildman–Crippen MR) is 105 cm³/mol. The molecular weight excluding hydrogens is 427 g/mol. The van der Waals surface area contributed by atoms with Crippen molar-refractivity contribution in [2.75, 3.05) is 6.61 Å². The first-order valence-corrected chi connectivity index (χ1v) is 9.81. The molecule has 1 unspecified atom stereocenters. The predicted octanol–water partition coefficient (Wildman–Crippen LogP) is 1.05. The lowest BCUT2D eigenvalue weighted by Gasteiger charge is -2.44. The molecule has 1 aromatic heterocycles. The van der Waals surface area contributed by atoms with Gasteiger partial charge in [-0.05, 0) is 12.1 Å². The summed E-state index contributed by atoms with van der Waals surface area (Å²) in [6.45, 7) is 0.936. The number of hydrogen-bond acceptors (Lipinski definition) is 8. The number of hydrogen-bond donors (Lipinski definition) is 3. The lowest BCUT2D eigenvalue weighted by molar-refractivity contribution is -0.180. The van der Waals surface area contributed by atoms with Crippen LogP contribution >= 0.6 is 0 Å². The molecule has 5 atom stereocenters. The first-order chi connectivity index (χ1) is 15.2. The molecule has 2 heterocycles. The van der Waals surface area contributed by atoms with Crippen molar-refractivity contribution in [2.45, 2.75) is 38.1 Å². The van der Waals surface area contributed by atoms with Gasteiger partial charge in [-0.15, -0.1) is 5.10 Å². The molecule has 1 aliphatic heterocycles. The molecule has 4 N–H and O–H groups in total. The van der Waals surface area contributed by atoms with Gasteiger partial charge in [0.15, 0.2) is 0 Å². The third-order valence-electron chi connectivity index (χ3n) is 5.32. The number of rotatable bonds is 8. The van der Waals surface area contributed by atoms with E-state index in [0.29, 0.717) is 11.3 Å². The Bertz CT molecular complexity index is 998. The Balaban J connectivity index is 2.02. The summed E-state index contributed by atoms with van der Waals surface area (Å²) in [5.41, 5.74) is 6.85. The second-order valence-electron chi connectivity index (χ2n) is 7.55. The van der Waals surface area contributed by atoms with Gasteiger partial charge in [-0.2, -0.15) is 0 Å². The number of carboxylic acids is 2. The number of halogens is 1. The molecule has 0 radical (unpaired) electrons. The highest BCUT2D eigenvalue weighted by atomic mass is 19.1. The standard InChI is InChI=1S/C20H23FN4O7/c1-10(26)31-9-16-13(6-17(27)28)19(14(7-18(29)30)20(22)32-16)25-8-15(23-24-25)11-3-2-4-12(21)5-11/h2-5,8,13-14,16,19-20H,6-7,9,22H2,1H3,(H,27,28)(H,29,30)/t13-,14+,16-,19-,20?/m0/s1. The second kappa shape index (κ2) is 9.83. The van der Waals surface area contributed by atoms with Crippen LogP contribution in [0.3, 0.4) is 0 Å². The number of esters is 1. The molecule has 3 rings (SSSR count). The van der Waals surface area contributed by atoms with Crippen molar-refractivity contribution in [1.82, 2.24) is 15.0 Å². The maximum absolute atomic E-state index is 13.6. The molecule has 0 aliphatic carbocycles. The number of aromatic nitrogens is 3. The number of ether oxygens (including phenoxy) is 2. The van der Waals surface area contributed by atoms with Crippen molar-refractivity contribution < 1.29 is 38.5 Å². The maximum atomic E-state index is 13.6. The van der Waals surface area contributed by atoms with Gasteiger partial charge in [-0.1, -0.05) is 17.3 Å². The van der Waals surface area contributed by atoms with Gasteiger partial charge in [0.05, 0.1) is 31.2 Å². The average molecular weight is 450 g/mol. The van der Waals surface area contributed by atoms with Crippen LogP contribution in [0, 0.1) is 17.7 Å². The Kier molecular flexibility index (Phi) is 7.15. The van der Waals surface area contributed by atoms with E-state index in [0.717, 1.165) is 0 Å². The van der Waals surface area contributed by atoms with E-state index in [1.165, 1.54) is 36.0 Å². The molecule has 1 saturated heterocycles. The van der Waals surface area contributed by atoms with Crippen molar-refractivity contribution in [3.05, 3.63) is 36.3 Å². The number of nitrogens with two attached hydrogens (primary N) is 1. The molecule has 1 aromatic carbocycles. The van der Waals surface area contributed by atoms with Crippen molar-refractivity contribution >= 4 is 17.9 Å². The lowest BCUT2D eigenvalue weighted by atomic mass is 9.77. The van der Waals surface area contributed by atoms with E-state index in [2.05, 4.69) is 10.3 Å². The highest BCUT2D eigenvalue weighted by Crippen LogP contribution is 2.41. The van der Waals surface area contributed by atoms with Crippen LogP contribution in [0.2, 0.25) is 0 Å². The minimum Gasteiger partial charge on any atom is -0.481 e. The maximum Gasteiger partial charge on any atom is 0.303 e. The number of nitrogens with zero attached hydrogens (tertiary/aromatic N) is 3. The smallest absolute Gasteiger partial charge is 0.303 e. The fraction of sp³-hybridized carbons (Fsp3) is 0.450. The van der Waals surface area contributed by atoms with Crippen molar-refractivity contribution in [1.29, 1.82) is 0 Å². The Labute approximate surface area is 181 Å². The Morgan fingerprint density at radius 2 is 1.91 bits per heavy atom. The molecule has 0 saturated carbocycles. The summed E-state index contributed by atoms with van der Waals surface area (Å²) in [7, 11) is 0. The van der Waals surface area contributed by atoms with E-state index >= 15 is 0 Å². The van der Waals surface area contributed by atoms with Crippen LogP contribution < -0.4 is 5.73 Å². The molecule has 0 spiro atoms. The number of carbonyl (C=O) groups excluding carboxylic acids is 1. The minimum absolute atomic E-state index is 0.261. The Hall–Kier alpha value is -3.38. The number of aliphatic carboxylic acids is 2. The van der Waals surface area contributed by atoms with Crippen LogP contribution in [0.25, 0.3) is 11.3 Å². The van der Waals surface area contributed by atoms with E-state index in [1.807, 2.05) is 0 Å². The van der Waals surface area contributed by atoms with Gasteiger partial charge >= 0.3 is 17.9 Å². The van der Waals surface area contributed by atoms with Gasteiger partial charge in [0.1, 0.15) is 24.3 Å². The summed E-state index contributed by atoms with van der Waals surface area (Å²) in [4.78, 5) is 34.4. The largest absolute Gasteiger partial charge is 0.481 e. The molecule has 2 aromatic rings. The molecule has 0 bridgehead atoms. The van der Waals surface area contributed by atoms with Crippen LogP contribution in [-0.4, -0.2) is 62.1 Å². The SMILES string of the molecule is CC(=O)OC[C@@H]1OC(N)[C@H](CC(=O)O)[C@@H](n2cc(-c3cccc(F)c3)nn2)[C@H]1CC(=O)O. The molecular formula is C20H23FN4O7. The first-order valence-electron chi connectivity index (χ1n) is 9.81. The van der Waals surface area contributed by atoms with E-state index < -0.39 is 66.8 Å². The zero-order valence-corrected chi connectivity index (χ0v) is 17.1. The molecule has 12 heteroatoms. The summed E-state index contributed by atoms with van der Waals surface area (Å²) >= 11 is 0. The quantitative estimate of drug-likeness (QED) is 0.495. The van der Waals surface area contributed by atoms with Gasteiger partial charge in [-0.3, -0.25) is 14.4 Å². The van der Waals surface area contributed by atoms with Gasteiger partial charge in [-0.25, -0.2) is 9.07 Å². The van der Waals surface area contributed by atoms with E-state index in [9.17, 15) is 29.0 Å². The van der Waals surface area contributed by atoms with E-state index in [4.69, 9.17) is 15.2 Å². The van der Waals surface area contributed by atoms with Gasteiger partial charge in [0.25, 0.3) is 0 Å². The lowest BCUT2D eigenvalue weighted by Crippen LogP contribution is -2.54. The van der Waals surface area contributed by atoms with E-state index in [-0.39, 0.29) is 6.61 Å². The van der Waals surface area contributed by atoms with Crippen molar-refractivity contribution in [3.63, 3.8) is 0 Å². The Morgan fingerprint density at radius 1 is 1.22 bits per heavy atom. The molecule has 0 amide bonds.